The number of carbonyl (C=O) groups is 1. The zero-order valence-electron chi connectivity index (χ0n) is 9.53. The first kappa shape index (κ1) is 13.0. The van der Waals surface area contributed by atoms with E-state index in [9.17, 15) is 4.79 Å². The lowest BCUT2D eigenvalue weighted by Crippen LogP contribution is -2.22. The Hall–Kier alpha value is -1.06. The van der Waals surface area contributed by atoms with Crippen molar-refractivity contribution in [3.63, 3.8) is 0 Å². The fraction of sp³-hybridized carbons (Fsp3) is 0.417. The molecule has 0 unspecified atom stereocenters. The van der Waals surface area contributed by atoms with Gasteiger partial charge in [-0.25, -0.2) is 4.79 Å². The van der Waals surface area contributed by atoms with E-state index in [1.54, 1.807) is 6.07 Å². The molecular weight excluding hydrogens is 226 g/mol. The average Bonchev–Trinajstić information content (AvgIpc) is 2.27. The number of carboxylic acid groups (broad SMARTS) is 1. The summed E-state index contributed by atoms with van der Waals surface area (Å²) >= 11 is 6.05. The highest BCUT2D eigenvalue weighted by molar-refractivity contribution is 6.34. The first-order valence-electron chi connectivity index (χ1n) is 5.33. The molecule has 0 aromatic heterocycles. The van der Waals surface area contributed by atoms with E-state index in [2.05, 4.69) is 18.7 Å². The van der Waals surface area contributed by atoms with E-state index >= 15 is 0 Å². The summed E-state index contributed by atoms with van der Waals surface area (Å²) in [5, 5.41) is 9.29. The second kappa shape index (κ2) is 5.87. The molecule has 0 fully saturated rings. The molecule has 0 amide bonds. The Kier molecular flexibility index (Phi) is 4.77. The third-order valence-corrected chi connectivity index (χ3v) is 3.04. The topological polar surface area (TPSA) is 40.5 Å². The number of hydrogen-bond donors (Lipinski definition) is 1. The van der Waals surface area contributed by atoms with Gasteiger partial charge in [0.15, 0.2) is 0 Å². The van der Waals surface area contributed by atoms with Gasteiger partial charge in [-0.1, -0.05) is 37.6 Å². The Morgan fingerprint density at radius 1 is 1.38 bits per heavy atom. The highest BCUT2D eigenvalue weighted by Crippen LogP contribution is 2.22. The number of halogens is 1. The van der Waals surface area contributed by atoms with Gasteiger partial charge in [0.25, 0.3) is 0 Å². The lowest BCUT2D eigenvalue weighted by atomic mass is 10.1. The van der Waals surface area contributed by atoms with E-state index in [1.165, 1.54) is 6.07 Å². The number of benzene rings is 1. The summed E-state index contributed by atoms with van der Waals surface area (Å²) in [5.41, 5.74) is 1.04. The SMILES string of the molecule is CCN(CC)Cc1cccc(C(=O)O)c1Cl. The normalized spacial score (nSPS) is 10.8. The maximum absolute atomic E-state index is 10.9. The van der Waals surface area contributed by atoms with Gasteiger partial charge in [-0.05, 0) is 24.7 Å². The summed E-state index contributed by atoms with van der Waals surface area (Å²) < 4.78 is 0. The molecule has 0 saturated heterocycles. The lowest BCUT2D eigenvalue weighted by Gasteiger charge is -2.19. The van der Waals surface area contributed by atoms with E-state index in [4.69, 9.17) is 16.7 Å². The largest absolute Gasteiger partial charge is 0.478 e. The summed E-state index contributed by atoms with van der Waals surface area (Å²) in [6.07, 6.45) is 0. The van der Waals surface area contributed by atoms with Crippen LogP contribution in [0.4, 0.5) is 0 Å². The average molecular weight is 242 g/mol. The summed E-state index contributed by atoms with van der Waals surface area (Å²) in [4.78, 5) is 13.1. The Morgan fingerprint density at radius 2 is 2.00 bits per heavy atom. The Balaban J connectivity index is 2.97. The molecule has 0 bridgehead atoms. The number of aromatic carboxylic acids is 1. The van der Waals surface area contributed by atoms with Crippen LogP contribution >= 0.6 is 11.6 Å². The van der Waals surface area contributed by atoms with Crippen LogP contribution in [-0.2, 0) is 6.54 Å². The second-order valence-corrected chi connectivity index (χ2v) is 3.92. The minimum Gasteiger partial charge on any atom is -0.478 e. The molecule has 1 N–H and O–H groups in total. The van der Waals surface area contributed by atoms with Gasteiger partial charge in [0.1, 0.15) is 0 Å². The predicted molar refractivity (Wildman–Crippen MR) is 65.0 cm³/mol. The molecule has 0 aliphatic rings. The minimum absolute atomic E-state index is 0.173. The van der Waals surface area contributed by atoms with Gasteiger partial charge in [0, 0.05) is 6.54 Å². The predicted octanol–water partition coefficient (Wildman–Crippen LogP) is 2.88. The Labute approximate surface area is 101 Å². The van der Waals surface area contributed by atoms with Gasteiger partial charge in [0.2, 0.25) is 0 Å². The van der Waals surface area contributed by atoms with Crippen molar-refractivity contribution >= 4 is 17.6 Å². The maximum atomic E-state index is 10.9. The van der Waals surface area contributed by atoms with Crippen LogP contribution in [0, 0.1) is 0 Å². The molecule has 0 saturated carbocycles. The van der Waals surface area contributed by atoms with Crippen molar-refractivity contribution in [1.82, 2.24) is 4.90 Å². The van der Waals surface area contributed by atoms with Crippen LogP contribution in [0.2, 0.25) is 5.02 Å². The van der Waals surface area contributed by atoms with Gasteiger partial charge in [0.05, 0.1) is 10.6 Å². The highest BCUT2D eigenvalue weighted by atomic mass is 35.5. The third kappa shape index (κ3) is 2.97. The number of nitrogens with zero attached hydrogens (tertiary/aromatic N) is 1. The Bertz CT molecular complexity index is 375. The van der Waals surface area contributed by atoms with Crippen LogP contribution < -0.4 is 0 Å². The number of carboxylic acids is 1. The summed E-state index contributed by atoms with van der Waals surface area (Å²) in [7, 11) is 0. The molecule has 0 atom stereocenters. The van der Waals surface area contributed by atoms with E-state index in [-0.39, 0.29) is 5.56 Å². The monoisotopic (exact) mass is 241 g/mol. The standard InChI is InChI=1S/C12H16ClNO2/c1-3-14(4-2)8-9-6-5-7-10(11(9)13)12(15)16/h5-7H,3-4,8H2,1-2H3,(H,15,16). The molecule has 16 heavy (non-hydrogen) atoms. The molecule has 0 aliphatic carbocycles. The molecular formula is C12H16ClNO2. The van der Waals surface area contributed by atoms with E-state index in [0.29, 0.717) is 11.6 Å². The van der Waals surface area contributed by atoms with Crippen molar-refractivity contribution in [2.75, 3.05) is 13.1 Å². The molecule has 1 aromatic carbocycles. The van der Waals surface area contributed by atoms with Gasteiger partial charge in [-0.15, -0.1) is 0 Å². The first-order valence-corrected chi connectivity index (χ1v) is 5.71. The zero-order valence-corrected chi connectivity index (χ0v) is 10.3. The van der Waals surface area contributed by atoms with E-state index in [1.807, 2.05) is 6.07 Å². The van der Waals surface area contributed by atoms with Crippen molar-refractivity contribution in [2.24, 2.45) is 0 Å². The molecule has 1 aromatic rings. The summed E-state index contributed by atoms with van der Waals surface area (Å²) in [5.74, 6) is -0.980. The Morgan fingerprint density at radius 3 is 2.50 bits per heavy atom. The maximum Gasteiger partial charge on any atom is 0.337 e. The second-order valence-electron chi connectivity index (χ2n) is 3.55. The van der Waals surface area contributed by atoms with Crippen molar-refractivity contribution in [2.45, 2.75) is 20.4 Å². The van der Waals surface area contributed by atoms with Crippen molar-refractivity contribution < 1.29 is 9.90 Å². The van der Waals surface area contributed by atoms with E-state index in [0.717, 1.165) is 18.7 Å². The highest BCUT2D eigenvalue weighted by Gasteiger charge is 2.13. The quantitative estimate of drug-likeness (QED) is 0.862. The molecule has 0 aliphatic heterocycles. The lowest BCUT2D eigenvalue weighted by molar-refractivity contribution is 0.0697. The van der Waals surface area contributed by atoms with Gasteiger partial charge >= 0.3 is 5.97 Å². The molecule has 4 heteroatoms. The van der Waals surface area contributed by atoms with Crippen LogP contribution in [0.1, 0.15) is 29.8 Å². The van der Waals surface area contributed by atoms with E-state index < -0.39 is 5.97 Å². The van der Waals surface area contributed by atoms with Gasteiger partial charge < -0.3 is 5.11 Å². The smallest absolute Gasteiger partial charge is 0.337 e. The summed E-state index contributed by atoms with van der Waals surface area (Å²) in [6.45, 7) is 6.66. The summed E-state index contributed by atoms with van der Waals surface area (Å²) in [6, 6.07) is 5.12. The van der Waals surface area contributed by atoms with Gasteiger partial charge in [-0.3, -0.25) is 4.90 Å². The zero-order chi connectivity index (χ0) is 12.1. The fourth-order valence-corrected chi connectivity index (χ4v) is 1.82. The van der Waals surface area contributed by atoms with Crippen molar-refractivity contribution in [1.29, 1.82) is 0 Å². The first-order chi connectivity index (χ1) is 7.60. The van der Waals surface area contributed by atoms with Crippen LogP contribution in [0.15, 0.2) is 18.2 Å². The van der Waals surface area contributed by atoms with Crippen molar-refractivity contribution in [3.8, 4) is 0 Å². The van der Waals surface area contributed by atoms with Crippen LogP contribution in [0.3, 0.4) is 0 Å². The number of rotatable bonds is 5. The number of hydrogen-bond acceptors (Lipinski definition) is 2. The van der Waals surface area contributed by atoms with Crippen molar-refractivity contribution in [3.05, 3.63) is 34.3 Å². The van der Waals surface area contributed by atoms with Crippen LogP contribution in [0.5, 0.6) is 0 Å². The molecule has 88 valence electrons. The third-order valence-electron chi connectivity index (χ3n) is 2.60. The van der Waals surface area contributed by atoms with Crippen LogP contribution in [-0.4, -0.2) is 29.1 Å². The molecule has 0 heterocycles. The molecule has 3 nitrogen and oxygen atoms in total. The minimum atomic E-state index is -0.980. The molecule has 0 radical (unpaired) electrons. The van der Waals surface area contributed by atoms with Crippen LogP contribution in [0.25, 0.3) is 0 Å². The molecule has 0 spiro atoms. The molecule has 1 rings (SSSR count). The van der Waals surface area contributed by atoms with Gasteiger partial charge in [-0.2, -0.15) is 0 Å². The fourth-order valence-electron chi connectivity index (χ4n) is 1.56.